The Hall–Kier alpha value is -3.16. The molecule has 0 unspecified atom stereocenters. The Morgan fingerprint density at radius 3 is 2.64 bits per heavy atom. The van der Waals surface area contributed by atoms with Crippen molar-refractivity contribution in [2.75, 3.05) is 16.8 Å². The molecule has 0 aliphatic carbocycles. The van der Waals surface area contributed by atoms with Crippen molar-refractivity contribution in [3.05, 3.63) is 47.3 Å². The minimum Gasteiger partial charge on any atom is -0.474 e. The molecule has 1 aromatic heterocycles. The van der Waals surface area contributed by atoms with E-state index in [1.54, 1.807) is 39.0 Å². The Morgan fingerprint density at radius 1 is 1.36 bits per heavy atom. The van der Waals surface area contributed by atoms with Crippen molar-refractivity contribution in [2.45, 2.75) is 33.2 Å². The first-order valence-corrected chi connectivity index (χ1v) is 9.00. The van der Waals surface area contributed by atoms with Gasteiger partial charge in [-0.15, -0.1) is 0 Å². The van der Waals surface area contributed by atoms with Crippen LogP contribution >= 0.6 is 0 Å². The molecule has 2 heterocycles. The molecule has 2 aromatic rings. The molecule has 28 heavy (non-hydrogen) atoms. The molecule has 1 aliphatic rings. The molecule has 1 atom stereocenters. The molecule has 1 aromatic carbocycles. The zero-order valence-corrected chi connectivity index (χ0v) is 15.9. The van der Waals surface area contributed by atoms with Gasteiger partial charge >= 0.3 is 6.09 Å². The number of nitrogens with one attached hydrogen (secondary N) is 1. The average molecular weight is 387 g/mol. The van der Waals surface area contributed by atoms with E-state index in [0.29, 0.717) is 23.5 Å². The molecule has 3 rings (SSSR count). The van der Waals surface area contributed by atoms with Crippen molar-refractivity contribution in [3.63, 3.8) is 0 Å². The fourth-order valence-corrected chi connectivity index (χ4v) is 2.93. The minimum atomic E-state index is -1.11. The van der Waals surface area contributed by atoms with Crippen molar-refractivity contribution in [3.8, 4) is 5.88 Å². The fourth-order valence-electron chi connectivity index (χ4n) is 2.93. The van der Waals surface area contributed by atoms with Crippen LogP contribution in [0.2, 0.25) is 0 Å². The van der Waals surface area contributed by atoms with Gasteiger partial charge in [0.05, 0.1) is 6.04 Å². The third-order valence-corrected chi connectivity index (χ3v) is 4.49. The Balaban J connectivity index is 2.06. The second kappa shape index (κ2) is 7.84. The maximum absolute atomic E-state index is 13.2. The van der Waals surface area contributed by atoms with E-state index in [1.165, 1.54) is 17.0 Å². The van der Waals surface area contributed by atoms with E-state index in [0.717, 1.165) is 5.56 Å². The summed E-state index contributed by atoms with van der Waals surface area (Å²) in [5, 5.41) is 12.4. The van der Waals surface area contributed by atoms with Crippen molar-refractivity contribution in [2.24, 2.45) is 5.92 Å². The number of fused-ring (bicyclic) bond motifs is 1. The first-order valence-electron chi connectivity index (χ1n) is 9.00. The van der Waals surface area contributed by atoms with Gasteiger partial charge in [-0.3, -0.25) is 9.69 Å². The van der Waals surface area contributed by atoms with Gasteiger partial charge < -0.3 is 15.2 Å². The first kappa shape index (κ1) is 19.6. The molecular weight excluding hydrogens is 365 g/mol. The number of nitrogens with zero attached hydrogens (tertiary/aromatic N) is 2. The van der Waals surface area contributed by atoms with E-state index >= 15 is 0 Å². The van der Waals surface area contributed by atoms with Crippen molar-refractivity contribution < 1.29 is 23.8 Å². The van der Waals surface area contributed by atoms with Gasteiger partial charge in [0.25, 0.3) is 0 Å². The van der Waals surface area contributed by atoms with Gasteiger partial charge in [0, 0.05) is 17.9 Å². The lowest BCUT2D eigenvalue weighted by Gasteiger charge is -2.33. The zero-order valence-electron chi connectivity index (χ0n) is 15.9. The number of halogens is 1. The molecule has 0 fully saturated rings. The second-order valence-corrected chi connectivity index (χ2v) is 7.08. The van der Waals surface area contributed by atoms with Crippen LogP contribution in [-0.2, 0) is 11.2 Å². The number of carbonyl (C=O) groups excluding carboxylic acids is 1. The summed E-state index contributed by atoms with van der Waals surface area (Å²) < 4.78 is 18.8. The van der Waals surface area contributed by atoms with Gasteiger partial charge in [-0.2, -0.15) is 4.98 Å². The maximum Gasteiger partial charge on any atom is 0.412 e. The van der Waals surface area contributed by atoms with E-state index in [2.05, 4.69) is 10.3 Å². The summed E-state index contributed by atoms with van der Waals surface area (Å²) in [5.41, 5.74) is 1.74. The maximum atomic E-state index is 13.2. The van der Waals surface area contributed by atoms with Crippen LogP contribution in [0.3, 0.4) is 0 Å². The molecule has 0 saturated heterocycles. The number of benzene rings is 1. The topological polar surface area (TPSA) is 91.8 Å². The lowest BCUT2D eigenvalue weighted by molar-refractivity contribution is -0.118. The normalized spacial score (nSPS) is 15.8. The summed E-state index contributed by atoms with van der Waals surface area (Å²) in [7, 11) is 0. The SMILES string of the molecule is CC(C)C(=O)Nc1nc2c(cc1Cc1ccc(F)cc1)N(C(=O)O)[C@@H](C)CO2. The van der Waals surface area contributed by atoms with Crippen molar-refractivity contribution in [1.82, 2.24) is 4.98 Å². The minimum absolute atomic E-state index is 0.155. The number of hydrogen-bond donors (Lipinski definition) is 2. The average Bonchev–Trinajstić information content (AvgIpc) is 2.63. The summed E-state index contributed by atoms with van der Waals surface area (Å²) in [5.74, 6) is -0.357. The molecule has 0 bridgehead atoms. The zero-order chi connectivity index (χ0) is 20.4. The molecule has 148 valence electrons. The van der Waals surface area contributed by atoms with Gasteiger partial charge in [0.2, 0.25) is 11.8 Å². The van der Waals surface area contributed by atoms with E-state index in [1.807, 2.05) is 0 Å². The van der Waals surface area contributed by atoms with E-state index in [9.17, 15) is 19.1 Å². The summed E-state index contributed by atoms with van der Waals surface area (Å²) in [6, 6.07) is 7.26. The highest BCUT2D eigenvalue weighted by atomic mass is 19.1. The highest BCUT2D eigenvalue weighted by molar-refractivity contribution is 5.94. The Kier molecular flexibility index (Phi) is 5.48. The standard InChI is InChI=1S/C20H22FN3O4/c1-11(2)18(25)22-17-14(8-13-4-6-15(21)7-5-13)9-16-19(23-17)28-10-12(3)24(16)20(26)27/h4-7,9,11-12H,8,10H2,1-3H3,(H,26,27)(H,22,23,25)/t12-/m0/s1. The number of pyridine rings is 1. The van der Waals surface area contributed by atoms with Crippen molar-refractivity contribution in [1.29, 1.82) is 0 Å². The summed E-state index contributed by atoms with van der Waals surface area (Å²) in [6.07, 6.45) is -0.763. The molecule has 8 heteroatoms. The largest absolute Gasteiger partial charge is 0.474 e. The number of carboxylic acid groups (broad SMARTS) is 1. The number of anilines is 2. The third kappa shape index (κ3) is 4.05. The quantitative estimate of drug-likeness (QED) is 0.835. The number of rotatable bonds is 4. The van der Waals surface area contributed by atoms with Crippen LogP contribution < -0.4 is 15.0 Å². The molecule has 0 radical (unpaired) electrons. The van der Waals surface area contributed by atoms with Gasteiger partial charge in [-0.25, -0.2) is 9.18 Å². The molecule has 0 spiro atoms. The van der Waals surface area contributed by atoms with Crippen LogP contribution in [-0.4, -0.2) is 34.7 Å². The molecule has 1 aliphatic heterocycles. The van der Waals surface area contributed by atoms with E-state index in [-0.39, 0.29) is 36.2 Å². The van der Waals surface area contributed by atoms with Crippen LogP contribution in [0.25, 0.3) is 0 Å². The van der Waals surface area contributed by atoms with Gasteiger partial charge in [-0.05, 0) is 30.7 Å². The number of hydrogen-bond acceptors (Lipinski definition) is 4. The summed E-state index contributed by atoms with van der Waals surface area (Å²) >= 11 is 0. The molecule has 0 saturated carbocycles. The van der Waals surface area contributed by atoms with Crippen LogP contribution in [0.15, 0.2) is 30.3 Å². The predicted molar refractivity (Wildman–Crippen MR) is 102 cm³/mol. The van der Waals surface area contributed by atoms with Crippen molar-refractivity contribution >= 4 is 23.5 Å². The molecule has 2 N–H and O–H groups in total. The third-order valence-electron chi connectivity index (χ3n) is 4.49. The van der Waals surface area contributed by atoms with Crippen LogP contribution in [0.5, 0.6) is 5.88 Å². The van der Waals surface area contributed by atoms with Crippen LogP contribution in [0.1, 0.15) is 31.9 Å². The van der Waals surface area contributed by atoms with E-state index in [4.69, 9.17) is 4.74 Å². The lowest BCUT2D eigenvalue weighted by Crippen LogP contribution is -2.44. The number of amides is 2. The monoisotopic (exact) mass is 387 g/mol. The number of carbonyl (C=O) groups is 2. The van der Waals surface area contributed by atoms with Gasteiger partial charge in [-0.1, -0.05) is 26.0 Å². The van der Waals surface area contributed by atoms with E-state index < -0.39 is 6.09 Å². The smallest absolute Gasteiger partial charge is 0.412 e. The van der Waals surface area contributed by atoms with Gasteiger partial charge in [0.15, 0.2) is 0 Å². The van der Waals surface area contributed by atoms with Crippen LogP contribution in [0.4, 0.5) is 20.7 Å². The lowest BCUT2D eigenvalue weighted by atomic mass is 10.0. The van der Waals surface area contributed by atoms with Gasteiger partial charge in [0.1, 0.15) is 23.9 Å². The van der Waals surface area contributed by atoms with Crippen LogP contribution in [0, 0.1) is 11.7 Å². The molecule has 2 amide bonds. The Bertz CT molecular complexity index is 899. The molecular formula is C20H22FN3O4. The summed E-state index contributed by atoms with van der Waals surface area (Å²) in [4.78, 5) is 29.5. The Morgan fingerprint density at radius 2 is 2.04 bits per heavy atom. The number of ether oxygens (including phenoxy) is 1. The highest BCUT2D eigenvalue weighted by Crippen LogP contribution is 2.36. The Labute approximate surface area is 162 Å². The highest BCUT2D eigenvalue weighted by Gasteiger charge is 2.32. The molecule has 7 nitrogen and oxygen atoms in total. The predicted octanol–water partition coefficient (Wildman–Crippen LogP) is 3.67. The number of aromatic nitrogens is 1. The second-order valence-electron chi connectivity index (χ2n) is 7.08. The summed E-state index contributed by atoms with van der Waals surface area (Å²) in [6.45, 7) is 5.43. The first-order chi connectivity index (χ1) is 13.3. The fraction of sp³-hybridized carbons (Fsp3) is 0.350.